The van der Waals surface area contributed by atoms with Crippen molar-refractivity contribution in [1.82, 2.24) is 20.6 Å². The average molecular weight is 346 g/mol. The summed E-state index contributed by atoms with van der Waals surface area (Å²) >= 11 is 0. The number of ether oxygens (including phenoxy) is 1. The van der Waals surface area contributed by atoms with Gasteiger partial charge in [0.25, 0.3) is 5.91 Å². The number of para-hydroxylation sites is 2. The van der Waals surface area contributed by atoms with Gasteiger partial charge in [-0.25, -0.2) is 9.78 Å². The summed E-state index contributed by atoms with van der Waals surface area (Å²) in [6.07, 6.45) is 1.28. The molecule has 2 rings (SSSR count). The number of aliphatic hydroxyl groups is 1. The molecule has 0 unspecified atom stereocenters. The second-order valence-corrected chi connectivity index (χ2v) is 5.21. The molecule has 0 bridgehead atoms. The zero-order chi connectivity index (χ0) is 18.4. The minimum Gasteiger partial charge on any atom is -0.467 e. The lowest BCUT2D eigenvalue weighted by Gasteiger charge is -2.18. The normalized spacial score (nSPS) is 12.9. The lowest BCUT2D eigenvalue weighted by atomic mass is 10.2. The highest BCUT2D eigenvalue weighted by Gasteiger charge is 2.25. The van der Waals surface area contributed by atoms with Gasteiger partial charge in [-0.15, -0.1) is 0 Å². The first-order valence-electron chi connectivity index (χ1n) is 7.48. The summed E-state index contributed by atoms with van der Waals surface area (Å²) < 4.78 is 4.50. The number of hydrogen-bond acceptors (Lipinski definition) is 7. The smallest absolute Gasteiger partial charge is 0.328 e. The Hall–Kier alpha value is -3.07. The van der Waals surface area contributed by atoms with Gasteiger partial charge in [-0.2, -0.15) is 0 Å². The molecule has 0 saturated carbocycles. The number of aromatic nitrogens is 2. The number of aliphatic hydroxyl groups excluding tert-OH is 1. The molecule has 1 aromatic carbocycles. The Bertz CT molecular complexity index is 795. The molecule has 2 atom stereocenters. The van der Waals surface area contributed by atoms with Gasteiger partial charge in [-0.1, -0.05) is 12.1 Å². The first-order valence-corrected chi connectivity index (χ1v) is 7.48. The number of nitrogens with one attached hydrogen (secondary N) is 2. The molecule has 9 nitrogen and oxygen atoms in total. The zero-order valence-corrected chi connectivity index (χ0v) is 13.7. The molecule has 0 saturated heterocycles. The van der Waals surface area contributed by atoms with Crippen LogP contribution in [0.1, 0.15) is 17.4 Å². The lowest BCUT2D eigenvalue weighted by Crippen LogP contribution is -2.52. The van der Waals surface area contributed by atoms with Crippen LogP contribution in [0.25, 0.3) is 11.0 Å². The summed E-state index contributed by atoms with van der Waals surface area (Å²) in [7, 11) is 1.19. The van der Waals surface area contributed by atoms with Gasteiger partial charge in [-0.05, 0) is 19.1 Å². The summed E-state index contributed by atoms with van der Waals surface area (Å²) in [5, 5.41) is 14.0. The van der Waals surface area contributed by atoms with Crippen LogP contribution < -0.4 is 10.6 Å². The van der Waals surface area contributed by atoms with Gasteiger partial charge in [0.2, 0.25) is 5.91 Å². The average Bonchev–Trinajstić information content (AvgIpc) is 2.64. The molecule has 9 heteroatoms. The number of amides is 2. The van der Waals surface area contributed by atoms with Crippen molar-refractivity contribution in [2.45, 2.75) is 19.0 Å². The summed E-state index contributed by atoms with van der Waals surface area (Å²) in [6, 6.07) is 4.86. The maximum Gasteiger partial charge on any atom is 0.328 e. The number of nitrogens with zero attached hydrogens (tertiary/aromatic N) is 2. The van der Waals surface area contributed by atoms with Crippen molar-refractivity contribution in [1.29, 1.82) is 0 Å². The predicted octanol–water partition coefficient (Wildman–Crippen LogP) is -0.602. The summed E-state index contributed by atoms with van der Waals surface area (Å²) in [5.74, 6) is -2.03. The lowest BCUT2D eigenvalue weighted by molar-refractivity contribution is -0.144. The topological polar surface area (TPSA) is 131 Å². The highest BCUT2D eigenvalue weighted by molar-refractivity contribution is 5.97. The second kappa shape index (κ2) is 8.15. The molecule has 0 aliphatic heterocycles. The third-order valence-electron chi connectivity index (χ3n) is 3.40. The van der Waals surface area contributed by atoms with E-state index in [0.717, 1.165) is 0 Å². The molecule has 2 aromatic rings. The molecule has 1 aromatic heterocycles. The Balaban J connectivity index is 2.07. The van der Waals surface area contributed by atoms with E-state index in [1.807, 2.05) is 0 Å². The molecule has 25 heavy (non-hydrogen) atoms. The number of benzene rings is 1. The van der Waals surface area contributed by atoms with Crippen LogP contribution in [0.2, 0.25) is 0 Å². The number of esters is 1. The summed E-state index contributed by atoms with van der Waals surface area (Å²) in [4.78, 5) is 43.9. The fourth-order valence-electron chi connectivity index (χ4n) is 2.04. The van der Waals surface area contributed by atoms with Crippen molar-refractivity contribution in [3.63, 3.8) is 0 Å². The second-order valence-electron chi connectivity index (χ2n) is 5.21. The molecule has 0 aliphatic rings. The molecular formula is C16H18N4O5. The van der Waals surface area contributed by atoms with Crippen molar-refractivity contribution in [3.8, 4) is 0 Å². The van der Waals surface area contributed by atoms with Crippen molar-refractivity contribution in [2.75, 3.05) is 13.7 Å². The van der Waals surface area contributed by atoms with E-state index in [-0.39, 0.29) is 5.69 Å². The van der Waals surface area contributed by atoms with E-state index in [2.05, 4.69) is 25.3 Å². The van der Waals surface area contributed by atoms with Gasteiger partial charge >= 0.3 is 5.97 Å². The van der Waals surface area contributed by atoms with Crippen molar-refractivity contribution >= 4 is 28.8 Å². The first kappa shape index (κ1) is 18.3. The van der Waals surface area contributed by atoms with Gasteiger partial charge in [0, 0.05) is 0 Å². The number of methoxy groups -OCH3 is 1. The molecule has 0 fully saturated rings. The van der Waals surface area contributed by atoms with E-state index in [0.29, 0.717) is 11.0 Å². The van der Waals surface area contributed by atoms with Gasteiger partial charge in [-0.3, -0.25) is 14.6 Å². The molecule has 0 aliphatic carbocycles. The number of fused-ring (bicyclic) bond motifs is 1. The van der Waals surface area contributed by atoms with E-state index in [1.54, 1.807) is 24.3 Å². The van der Waals surface area contributed by atoms with Gasteiger partial charge in [0.1, 0.15) is 17.8 Å². The monoisotopic (exact) mass is 346 g/mol. The molecule has 0 spiro atoms. The van der Waals surface area contributed by atoms with E-state index >= 15 is 0 Å². The van der Waals surface area contributed by atoms with E-state index in [9.17, 15) is 19.5 Å². The van der Waals surface area contributed by atoms with Crippen LogP contribution >= 0.6 is 0 Å². The van der Waals surface area contributed by atoms with Crippen LogP contribution in [-0.4, -0.2) is 58.7 Å². The van der Waals surface area contributed by atoms with Crippen LogP contribution in [0, 0.1) is 0 Å². The molecule has 2 amide bonds. The van der Waals surface area contributed by atoms with E-state index in [4.69, 9.17) is 0 Å². The predicted molar refractivity (Wildman–Crippen MR) is 87.5 cm³/mol. The largest absolute Gasteiger partial charge is 0.467 e. The molecule has 3 N–H and O–H groups in total. The van der Waals surface area contributed by atoms with Crippen LogP contribution in [0.3, 0.4) is 0 Å². The minimum absolute atomic E-state index is 0.00552. The highest BCUT2D eigenvalue weighted by Crippen LogP contribution is 2.08. The molecule has 132 valence electrons. The maximum atomic E-state index is 12.2. The Morgan fingerprint density at radius 1 is 1.20 bits per heavy atom. The zero-order valence-electron chi connectivity index (χ0n) is 13.7. The van der Waals surface area contributed by atoms with Crippen molar-refractivity contribution in [3.05, 3.63) is 36.2 Å². The Labute approximate surface area is 143 Å². The number of carbonyl (C=O) groups is 3. The number of hydrogen-bond donors (Lipinski definition) is 3. The first-order chi connectivity index (χ1) is 12.0. The van der Waals surface area contributed by atoms with E-state index in [1.165, 1.54) is 20.2 Å². The SMILES string of the molecule is COC(=O)[C@H](C)NC(=O)[C@@H](CO)NC(=O)c1cnc2ccccc2n1. The van der Waals surface area contributed by atoms with Crippen LogP contribution in [0.15, 0.2) is 30.5 Å². The summed E-state index contributed by atoms with van der Waals surface area (Å²) in [6.45, 7) is 0.779. The Kier molecular flexibility index (Phi) is 5.96. The van der Waals surface area contributed by atoms with Gasteiger partial charge in [0.15, 0.2) is 0 Å². The Morgan fingerprint density at radius 2 is 1.88 bits per heavy atom. The van der Waals surface area contributed by atoms with E-state index < -0.39 is 36.5 Å². The van der Waals surface area contributed by atoms with Crippen LogP contribution in [0.5, 0.6) is 0 Å². The molecule has 0 radical (unpaired) electrons. The Morgan fingerprint density at radius 3 is 2.52 bits per heavy atom. The molecule has 1 heterocycles. The third kappa shape index (κ3) is 4.48. The highest BCUT2D eigenvalue weighted by atomic mass is 16.5. The fourth-order valence-corrected chi connectivity index (χ4v) is 2.04. The number of carbonyl (C=O) groups excluding carboxylic acids is 3. The number of rotatable bonds is 6. The third-order valence-corrected chi connectivity index (χ3v) is 3.40. The summed E-state index contributed by atoms with van der Waals surface area (Å²) in [5.41, 5.74) is 1.16. The maximum absolute atomic E-state index is 12.2. The standard InChI is InChI=1S/C16H18N4O5/c1-9(16(24)25-2)18-15(23)13(8-21)20-14(22)12-7-17-10-5-3-4-6-11(10)19-12/h3-7,9,13,21H,8H2,1-2H3,(H,18,23)(H,20,22)/t9-,13+/m0/s1. The fraction of sp³-hybridized carbons (Fsp3) is 0.312. The van der Waals surface area contributed by atoms with Crippen molar-refractivity contribution in [2.24, 2.45) is 0 Å². The van der Waals surface area contributed by atoms with Crippen molar-refractivity contribution < 1.29 is 24.2 Å². The van der Waals surface area contributed by atoms with Crippen LogP contribution in [-0.2, 0) is 14.3 Å². The quantitative estimate of drug-likeness (QED) is 0.595. The minimum atomic E-state index is -1.24. The molecular weight excluding hydrogens is 328 g/mol. The van der Waals surface area contributed by atoms with Gasteiger partial charge in [0.05, 0.1) is 30.9 Å². The van der Waals surface area contributed by atoms with Crippen LogP contribution in [0.4, 0.5) is 0 Å². The van der Waals surface area contributed by atoms with Gasteiger partial charge < -0.3 is 20.5 Å².